The number of hydrogen-bond donors (Lipinski definition) is 1. The highest BCUT2D eigenvalue weighted by molar-refractivity contribution is 6.31. The van der Waals surface area contributed by atoms with Crippen LogP contribution in [-0.2, 0) is 4.74 Å². The van der Waals surface area contributed by atoms with E-state index < -0.39 is 10.8 Å². The molecule has 0 aliphatic carbocycles. The molecular weight excluding hydrogens is 272 g/mol. The highest BCUT2D eigenvalue weighted by Gasteiger charge is 2.22. The number of nitro groups is 1. The lowest BCUT2D eigenvalue weighted by atomic mass is 10.1. The first-order valence-electron chi connectivity index (χ1n) is 5.73. The van der Waals surface area contributed by atoms with Gasteiger partial charge in [0.2, 0.25) is 0 Å². The molecule has 1 rings (SSSR count). The van der Waals surface area contributed by atoms with Crippen molar-refractivity contribution in [3.05, 3.63) is 38.9 Å². The van der Waals surface area contributed by atoms with E-state index in [0.717, 1.165) is 0 Å². The number of nitro benzene ring substituents is 1. The second kappa shape index (κ2) is 7.06. The molecule has 1 aromatic rings. The Labute approximate surface area is 115 Å². The molecular formula is C12H15ClN2O4. The number of halogens is 1. The Morgan fingerprint density at radius 2 is 2.26 bits per heavy atom. The normalized spacial score (nSPS) is 11.9. The number of rotatable bonds is 6. The molecule has 0 aromatic heterocycles. The first-order chi connectivity index (χ1) is 8.99. The zero-order valence-electron chi connectivity index (χ0n) is 10.7. The van der Waals surface area contributed by atoms with Crippen LogP contribution in [-0.4, -0.2) is 30.6 Å². The standard InChI is InChI=1S/C12H15ClN2O4/c1-3-9(7-19-2)14-12(16)10-6-8(13)4-5-11(10)15(17)18/h4-6,9H,3,7H2,1-2H3,(H,14,16). The first kappa shape index (κ1) is 15.4. The minimum Gasteiger partial charge on any atom is -0.383 e. The maximum absolute atomic E-state index is 12.0. The smallest absolute Gasteiger partial charge is 0.282 e. The van der Waals surface area contributed by atoms with Gasteiger partial charge in [-0.05, 0) is 18.6 Å². The maximum Gasteiger partial charge on any atom is 0.282 e. The number of ether oxygens (including phenoxy) is 1. The molecule has 0 fully saturated rings. The van der Waals surface area contributed by atoms with E-state index in [1.54, 1.807) is 0 Å². The van der Waals surface area contributed by atoms with Crippen molar-refractivity contribution in [2.24, 2.45) is 0 Å². The Morgan fingerprint density at radius 1 is 1.58 bits per heavy atom. The third kappa shape index (κ3) is 4.18. The van der Waals surface area contributed by atoms with E-state index in [-0.39, 0.29) is 22.3 Å². The van der Waals surface area contributed by atoms with Gasteiger partial charge in [0.05, 0.1) is 17.6 Å². The van der Waals surface area contributed by atoms with Crippen LogP contribution in [0.15, 0.2) is 18.2 Å². The number of carbonyl (C=O) groups is 1. The molecule has 0 aliphatic rings. The molecule has 0 spiro atoms. The van der Waals surface area contributed by atoms with E-state index in [9.17, 15) is 14.9 Å². The molecule has 0 bridgehead atoms. The SMILES string of the molecule is CCC(COC)NC(=O)c1cc(Cl)ccc1[N+](=O)[O-]. The van der Waals surface area contributed by atoms with Crippen molar-refractivity contribution >= 4 is 23.2 Å². The monoisotopic (exact) mass is 286 g/mol. The van der Waals surface area contributed by atoms with Gasteiger partial charge in [-0.25, -0.2) is 0 Å². The number of nitrogens with one attached hydrogen (secondary N) is 1. The molecule has 6 nitrogen and oxygen atoms in total. The van der Waals surface area contributed by atoms with E-state index in [1.165, 1.54) is 25.3 Å². The topological polar surface area (TPSA) is 81.5 Å². The second-order valence-corrected chi connectivity index (χ2v) is 4.39. The van der Waals surface area contributed by atoms with Gasteiger partial charge in [-0.1, -0.05) is 18.5 Å². The molecule has 0 saturated heterocycles. The first-order valence-corrected chi connectivity index (χ1v) is 6.11. The number of amides is 1. The van der Waals surface area contributed by atoms with Crippen LogP contribution in [0.2, 0.25) is 5.02 Å². The molecule has 1 N–H and O–H groups in total. The van der Waals surface area contributed by atoms with Crippen LogP contribution in [0, 0.1) is 10.1 Å². The number of methoxy groups -OCH3 is 1. The van der Waals surface area contributed by atoms with Gasteiger partial charge >= 0.3 is 0 Å². The fraction of sp³-hybridized carbons (Fsp3) is 0.417. The third-order valence-electron chi connectivity index (χ3n) is 2.60. The summed E-state index contributed by atoms with van der Waals surface area (Å²) in [6.45, 7) is 2.23. The van der Waals surface area contributed by atoms with Crippen molar-refractivity contribution in [2.75, 3.05) is 13.7 Å². The number of carbonyl (C=O) groups excluding carboxylic acids is 1. The summed E-state index contributed by atoms with van der Waals surface area (Å²) in [5, 5.41) is 13.8. The van der Waals surface area contributed by atoms with Crippen LogP contribution in [0.1, 0.15) is 23.7 Å². The van der Waals surface area contributed by atoms with Gasteiger partial charge in [0.1, 0.15) is 5.56 Å². The Kier molecular flexibility index (Phi) is 5.72. The molecule has 1 amide bonds. The van der Waals surface area contributed by atoms with Crippen molar-refractivity contribution in [3.8, 4) is 0 Å². The molecule has 1 aromatic carbocycles. The average molecular weight is 287 g/mol. The van der Waals surface area contributed by atoms with Gasteiger partial charge < -0.3 is 10.1 Å². The lowest BCUT2D eigenvalue weighted by Crippen LogP contribution is -2.37. The van der Waals surface area contributed by atoms with Crippen LogP contribution >= 0.6 is 11.6 Å². The molecule has 1 unspecified atom stereocenters. The summed E-state index contributed by atoms with van der Waals surface area (Å²) in [7, 11) is 1.52. The molecule has 0 radical (unpaired) electrons. The summed E-state index contributed by atoms with van der Waals surface area (Å²) in [5.41, 5.74) is -0.318. The lowest BCUT2D eigenvalue weighted by Gasteiger charge is -2.15. The second-order valence-electron chi connectivity index (χ2n) is 3.95. The quantitative estimate of drug-likeness (QED) is 0.643. The van der Waals surface area contributed by atoms with Crippen LogP contribution in [0.25, 0.3) is 0 Å². The van der Waals surface area contributed by atoms with Crippen molar-refractivity contribution in [1.29, 1.82) is 0 Å². The summed E-state index contributed by atoms with van der Waals surface area (Å²) < 4.78 is 4.96. The minimum absolute atomic E-state index is 0.0490. The lowest BCUT2D eigenvalue weighted by molar-refractivity contribution is -0.385. The van der Waals surface area contributed by atoms with Gasteiger partial charge in [-0.15, -0.1) is 0 Å². The summed E-state index contributed by atoms with van der Waals surface area (Å²) in [5.74, 6) is -0.530. The van der Waals surface area contributed by atoms with Gasteiger partial charge in [-0.2, -0.15) is 0 Å². The Balaban J connectivity index is 2.98. The van der Waals surface area contributed by atoms with E-state index in [0.29, 0.717) is 13.0 Å². The summed E-state index contributed by atoms with van der Waals surface area (Å²) in [4.78, 5) is 22.3. The summed E-state index contributed by atoms with van der Waals surface area (Å²) >= 11 is 5.77. The van der Waals surface area contributed by atoms with E-state index in [1.807, 2.05) is 6.92 Å². The number of hydrogen-bond acceptors (Lipinski definition) is 4. The number of nitrogens with zero attached hydrogens (tertiary/aromatic N) is 1. The highest BCUT2D eigenvalue weighted by atomic mass is 35.5. The van der Waals surface area contributed by atoms with Gasteiger partial charge in [0.15, 0.2) is 0 Å². The molecule has 0 heterocycles. The molecule has 0 aliphatic heterocycles. The van der Waals surface area contributed by atoms with Crippen LogP contribution in [0.5, 0.6) is 0 Å². The fourth-order valence-electron chi connectivity index (χ4n) is 1.58. The Morgan fingerprint density at radius 3 is 2.79 bits per heavy atom. The Hall–Kier alpha value is -1.66. The van der Waals surface area contributed by atoms with Crippen LogP contribution < -0.4 is 5.32 Å². The van der Waals surface area contributed by atoms with Crippen molar-refractivity contribution in [2.45, 2.75) is 19.4 Å². The van der Waals surface area contributed by atoms with Crippen molar-refractivity contribution < 1.29 is 14.5 Å². The Bertz CT molecular complexity index is 479. The summed E-state index contributed by atoms with van der Waals surface area (Å²) in [6, 6.07) is 3.68. The van der Waals surface area contributed by atoms with E-state index in [4.69, 9.17) is 16.3 Å². The van der Waals surface area contributed by atoms with Gasteiger partial charge in [0.25, 0.3) is 11.6 Å². The number of benzene rings is 1. The highest BCUT2D eigenvalue weighted by Crippen LogP contribution is 2.22. The zero-order chi connectivity index (χ0) is 14.4. The molecule has 19 heavy (non-hydrogen) atoms. The van der Waals surface area contributed by atoms with Crippen molar-refractivity contribution in [1.82, 2.24) is 5.32 Å². The zero-order valence-corrected chi connectivity index (χ0v) is 11.4. The van der Waals surface area contributed by atoms with Crippen LogP contribution in [0.4, 0.5) is 5.69 Å². The predicted octanol–water partition coefficient (Wildman–Crippen LogP) is 2.40. The van der Waals surface area contributed by atoms with Gasteiger partial charge in [0, 0.05) is 18.2 Å². The average Bonchev–Trinajstić information content (AvgIpc) is 2.37. The summed E-state index contributed by atoms with van der Waals surface area (Å²) in [6.07, 6.45) is 0.661. The molecule has 104 valence electrons. The largest absolute Gasteiger partial charge is 0.383 e. The van der Waals surface area contributed by atoms with E-state index in [2.05, 4.69) is 5.32 Å². The molecule has 0 saturated carbocycles. The van der Waals surface area contributed by atoms with Gasteiger partial charge in [-0.3, -0.25) is 14.9 Å². The predicted molar refractivity (Wildman–Crippen MR) is 71.5 cm³/mol. The third-order valence-corrected chi connectivity index (χ3v) is 2.83. The molecule has 1 atom stereocenters. The molecule has 7 heteroatoms. The van der Waals surface area contributed by atoms with E-state index >= 15 is 0 Å². The van der Waals surface area contributed by atoms with Crippen molar-refractivity contribution in [3.63, 3.8) is 0 Å². The maximum atomic E-state index is 12.0. The van der Waals surface area contributed by atoms with Crippen LogP contribution in [0.3, 0.4) is 0 Å². The fourth-order valence-corrected chi connectivity index (χ4v) is 1.75. The minimum atomic E-state index is -0.609.